The van der Waals surface area contributed by atoms with Crippen LogP contribution >= 0.6 is 15.9 Å². The number of aromatic amines is 2. The van der Waals surface area contributed by atoms with E-state index in [2.05, 4.69) is 51.4 Å². The van der Waals surface area contributed by atoms with E-state index in [1.807, 2.05) is 44.2 Å². The van der Waals surface area contributed by atoms with E-state index in [4.69, 9.17) is 0 Å². The van der Waals surface area contributed by atoms with Gasteiger partial charge >= 0.3 is 6.09 Å². The van der Waals surface area contributed by atoms with Crippen molar-refractivity contribution in [2.75, 3.05) is 35.2 Å². The number of hydrogen-bond acceptors (Lipinski definition) is 6. The van der Waals surface area contributed by atoms with Gasteiger partial charge in [0.25, 0.3) is 11.8 Å². The number of nitrogens with zero attached hydrogens (tertiary/aromatic N) is 4. The Labute approximate surface area is 225 Å². The first-order valence-corrected chi connectivity index (χ1v) is 12.7. The predicted molar refractivity (Wildman–Crippen MR) is 146 cm³/mol. The van der Waals surface area contributed by atoms with Crippen LogP contribution in [0.2, 0.25) is 0 Å². The van der Waals surface area contributed by atoms with Gasteiger partial charge in [0.15, 0.2) is 5.69 Å². The second-order valence-corrected chi connectivity index (χ2v) is 9.97. The van der Waals surface area contributed by atoms with E-state index in [9.17, 15) is 19.5 Å². The molecule has 1 saturated heterocycles. The molecule has 0 radical (unpaired) electrons. The summed E-state index contributed by atoms with van der Waals surface area (Å²) < 4.78 is 0.809. The Bertz CT molecular complexity index is 1550. The van der Waals surface area contributed by atoms with Crippen LogP contribution in [0.25, 0.3) is 11.0 Å². The summed E-state index contributed by atoms with van der Waals surface area (Å²) in [6.45, 7) is 5.25. The molecule has 5 N–H and O–H groups in total. The van der Waals surface area contributed by atoms with E-state index in [1.165, 1.54) is 11.2 Å². The van der Waals surface area contributed by atoms with Crippen molar-refractivity contribution in [3.05, 3.63) is 64.1 Å². The Balaban J connectivity index is 1.30. The number of halogens is 1. The molecule has 0 aliphatic carbocycles. The van der Waals surface area contributed by atoms with Crippen LogP contribution in [0.1, 0.15) is 33.5 Å². The Morgan fingerprint density at radius 3 is 2.68 bits per heavy atom. The van der Waals surface area contributed by atoms with Gasteiger partial charge in [0.1, 0.15) is 5.69 Å². The molecule has 3 amide bonds. The molecule has 2 aromatic carbocycles. The molecule has 0 spiro atoms. The van der Waals surface area contributed by atoms with Crippen LogP contribution in [-0.4, -0.2) is 73.5 Å². The minimum Gasteiger partial charge on any atom is -0.465 e. The number of carbonyl (C=O) groups is 3. The molecule has 1 atom stereocenters. The number of anilines is 3. The first kappa shape index (κ1) is 25.3. The first-order chi connectivity index (χ1) is 18.2. The normalized spacial score (nSPS) is 15.5. The first-order valence-electron chi connectivity index (χ1n) is 11.9. The van der Waals surface area contributed by atoms with Crippen molar-refractivity contribution < 1.29 is 19.5 Å². The van der Waals surface area contributed by atoms with Gasteiger partial charge in [0, 0.05) is 41.5 Å². The molecular formula is C25H25BrN8O4. The lowest BCUT2D eigenvalue weighted by Gasteiger charge is -2.40. The van der Waals surface area contributed by atoms with E-state index < -0.39 is 17.9 Å². The summed E-state index contributed by atoms with van der Waals surface area (Å²) in [6.07, 6.45) is 0.371. The lowest BCUT2D eigenvalue weighted by Crippen LogP contribution is -2.53. The van der Waals surface area contributed by atoms with Gasteiger partial charge in [-0.05, 0) is 49.7 Å². The van der Waals surface area contributed by atoms with Gasteiger partial charge in [0.2, 0.25) is 5.95 Å². The Morgan fingerprint density at radius 1 is 1.11 bits per heavy atom. The van der Waals surface area contributed by atoms with Gasteiger partial charge in [-0.2, -0.15) is 0 Å². The molecule has 5 rings (SSSR count). The highest BCUT2D eigenvalue weighted by molar-refractivity contribution is 9.10. The van der Waals surface area contributed by atoms with Gasteiger partial charge < -0.3 is 30.2 Å². The number of aryl methyl sites for hydroxylation is 1. The van der Waals surface area contributed by atoms with E-state index >= 15 is 0 Å². The molecule has 12 nitrogen and oxygen atoms in total. The van der Waals surface area contributed by atoms with E-state index in [0.29, 0.717) is 36.4 Å². The summed E-state index contributed by atoms with van der Waals surface area (Å²) >= 11 is 3.39. The summed E-state index contributed by atoms with van der Waals surface area (Å²) in [5.74, 6) is -0.880. The van der Waals surface area contributed by atoms with E-state index in [0.717, 1.165) is 15.7 Å². The standard InChI is InChI=1S/C25H25BrN8O4/c1-13-3-4-15(26)9-18(13)29-22(35)20-21(28-12-27-20)23(36)32-24-30-17-6-5-16(10-19(17)31-24)34-8-7-33(25(37)38)11-14(34)2/h3-6,9-10,12,14H,7-8,11H2,1-2H3,(H,27,28)(H,29,35)(H,37,38)(H2,30,31,32,36). The number of fused-ring (bicyclic) bond motifs is 1. The maximum atomic E-state index is 13.0. The topological polar surface area (TPSA) is 159 Å². The lowest BCUT2D eigenvalue weighted by atomic mass is 10.1. The fourth-order valence-electron chi connectivity index (χ4n) is 4.47. The Morgan fingerprint density at radius 2 is 1.92 bits per heavy atom. The van der Waals surface area contributed by atoms with Crippen molar-refractivity contribution >= 4 is 62.2 Å². The minimum atomic E-state index is -0.915. The van der Waals surface area contributed by atoms with Crippen LogP contribution in [0.15, 0.2) is 47.2 Å². The van der Waals surface area contributed by atoms with Crippen molar-refractivity contribution in [1.82, 2.24) is 24.8 Å². The largest absolute Gasteiger partial charge is 0.465 e. The third-order valence-electron chi connectivity index (χ3n) is 6.46. The number of H-pyrrole nitrogens is 2. The Hall–Kier alpha value is -4.39. The van der Waals surface area contributed by atoms with Crippen molar-refractivity contribution in [1.29, 1.82) is 0 Å². The van der Waals surface area contributed by atoms with E-state index in [-0.39, 0.29) is 23.4 Å². The number of carbonyl (C=O) groups excluding carboxylic acids is 2. The molecule has 1 aliphatic rings. The predicted octanol–water partition coefficient (Wildman–Crippen LogP) is 4.05. The van der Waals surface area contributed by atoms with Crippen molar-refractivity contribution in [3.63, 3.8) is 0 Å². The number of imidazole rings is 2. The van der Waals surface area contributed by atoms with Crippen molar-refractivity contribution in [2.24, 2.45) is 0 Å². The number of amides is 3. The molecule has 2 aromatic heterocycles. The number of piperazine rings is 1. The molecule has 1 aliphatic heterocycles. The average molecular weight is 581 g/mol. The number of rotatable bonds is 5. The van der Waals surface area contributed by atoms with Crippen molar-refractivity contribution in [3.8, 4) is 0 Å². The van der Waals surface area contributed by atoms with Gasteiger partial charge in [0.05, 0.1) is 17.4 Å². The minimum absolute atomic E-state index is 0.00132. The number of carboxylic acid groups (broad SMARTS) is 1. The summed E-state index contributed by atoms with van der Waals surface area (Å²) in [4.78, 5) is 55.0. The number of benzene rings is 2. The lowest BCUT2D eigenvalue weighted by molar-refractivity contribution is 0.0985. The summed E-state index contributed by atoms with van der Waals surface area (Å²) in [6, 6.07) is 11.2. The quantitative estimate of drug-likeness (QED) is 0.238. The summed E-state index contributed by atoms with van der Waals surface area (Å²) in [7, 11) is 0. The fraction of sp³-hybridized carbons (Fsp3) is 0.240. The molecule has 1 fully saturated rings. The molecule has 0 bridgehead atoms. The Kier molecular flexibility index (Phi) is 6.76. The maximum absolute atomic E-state index is 13.0. The third-order valence-corrected chi connectivity index (χ3v) is 6.95. The number of nitrogens with one attached hydrogen (secondary N) is 4. The van der Waals surface area contributed by atoms with Gasteiger partial charge in [-0.25, -0.2) is 14.8 Å². The maximum Gasteiger partial charge on any atom is 0.407 e. The molecule has 196 valence electrons. The van der Waals surface area contributed by atoms with Gasteiger partial charge in [-0.1, -0.05) is 22.0 Å². The highest BCUT2D eigenvalue weighted by Crippen LogP contribution is 2.26. The fourth-order valence-corrected chi connectivity index (χ4v) is 4.83. The molecular weight excluding hydrogens is 556 g/mol. The number of aromatic nitrogens is 4. The zero-order valence-electron chi connectivity index (χ0n) is 20.6. The smallest absolute Gasteiger partial charge is 0.407 e. The molecule has 1 unspecified atom stereocenters. The van der Waals surface area contributed by atoms with Crippen LogP contribution in [0.5, 0.6) is 0 Å². The average Bonchev–Trinajstić information content (AvgIpc) is 3.52. The molecule has 13 heteroatoms. The van der Waals surface area contributed by atoms with Crippen molar-refractivity contribution in [2.45, 2.75) is 19.9 Å². The van der Waals surface area contributed by atoms with Crippen LogP contribution in [-0.2, 0) is 0 Å². The molecule has 38 heavy (non-hydrogen) atoms. The van der Waals surface area contributed by atoms with Gasteiger partial charge in [-0.3, -0.25) is 14.9 Å². The SMILES string of the molecule is Cc1ccc(Br)cc1NC(=O)c1nc[nH]c1C(=O)Nc1nc2ccc(N3CCN(C(=O)O)CC3C)cc2[nH]1. The number of hydrogen-bond donors (Lipinski definition) is 5. The molecule has 4 aromatic rings. The van der Waals surface area contributed by atoms with Crippen LogP contribution < -0.4 is 15.5 Å². The zero-order valence-corrected chi connectivity index (χ0v) is 22.2. The van der Waals surface area contributed by atoms with Crippen LogP contribution in [0.3, 0.4) is 0 Å². The monoisotopic (exact) mass is 580 g/mol. The molecule has 0 saturated carbocycles. The van der Waals surface area contributed by atoms with Crippen LogP contribution in [0.4, 0.5) is 22.1 Å². The third kappa shape index (κ3) is 5.05. The van der Waals surface area contributed by atoms with Gasteiger partial charge in [-0.15, -0.1) is 0 Å². The summed E-state index contributed by atoms with van der Waals surface area (Å²) in [5, 5.41) is 14.7. The highest BCUT2D eigenvalue weighted by atomic mass is 79.9. The van der Waals surface area contributed by atoms with E-state index in [1.54, 1.807) is 6.07 Å². The van der Waals surface area contributed by atoms with Crippen LogP contribution in [0, 0.1) is 6.92 Å². The second-order valence-electron chi connectivity index (χ2n) is 9.05. The zero-order chi connectivity index (χ0) is 27.0. The highest BCUT2D eigenvalue weighted by Gasteiger charge is 2.27. The second kappa shape index (κ2) is 10.2. The summed E-state index contributed by atoms with van der Waals surface area (Å²) in [5.41, 5.74) is 3.70. The molecule has 3 heterocycles.